The standard InChI is InChI=1S/C17H19NO2S/c1-13-6-3-4-9-16(13)21-12-17(19)18-15-8-5-7-14(10-15)11-20-2/h3-10H,11-12H2,1-2H3,(H,18,19). The largest absolute Gasteiger partial charge is 0.380 e. The molecule has 1 amide bonds. The first kappa shape index (κ1) is 15.6. The summed E-state index contributed by atoms with van der Waals surface area (Å²) in [6.07, 6.45) is 0. The maximum absolute atomic E-state index is 12.0. The molecule has 0 aliphatic rings. The Labute approximate surface area is 129 Å². The summed E-state index contributed by atoms with van der Waals surface area (Å²) in [7, 11) is 1.66. The van der Waals surface area contributed by atoms with Crippen molar-refractivity contribution in [3.05, 3.63) is 59.7 Å². The lowest BCUT2D eigenvalue weighted by Crippen LogP contribution is -2.14. The number of methoxy groups -OCH3 is 1. The molecule has 0 aliphatic carbocycles. The van der Waals surface area contributed by atoms with Gasteiger partial charge in [-0.05, 0) is 36.2 Å². The molecule has 0 radical (unpaired) electrons. The number of carbonyl (C=O) groups excluding carboxylic acids is 1. The van der Waals surface area contributed by atoms with Crippen LogP contribution in [0.1, 0.15) is 11.1 Å². The van der Waals surface area contributed by atoms with E-state index in [9.17, 15) is 4.79 Å². The predicted octanol–water partition coefficient (Wildman–Crippen LogP) is 3.87. The number of benzene rings is 2. The van der Waals surface area contributed by atoms with Crippen molar-refractivity contribution >= 4 is 23.4 Å². The predicted molar refractivity (Wildman–Crippen MR) is 87.7 cm³/mol. The van der Waals surface area contributed by atoms with Gasteiger partial charge in [0.15, 0.2) is 0 Å². The second kappa shape index (κ2) is 7.86. The van der Waals surface area contributed by atoms with E-state index in [1.807, 2.05) is 42.5 Å². The van der Waals surface area contributed by atoms with Crippen LogP contribution in [0.3, 0.4) is 0 Å². The Morgan fingerprint density at radius 2 is 2.00 bits per heavy atom. The Morgan fingerprint density at radius 1 is 1.19 bits per heavy atom. The fraction of sp³-hybridized carbons (Fsp3) is 0.235. The minimum atomic E-state index is -0.00202. The summed E-state index contributed by atoms with van der Waals surface area (Å²) in [4.78, 5) is 13.1. The number of hydrogen-bond donors (Lipinski definition) is 1. The number of rotatable bonds is 6. The monoisotopic (exact) mass is 301 g/mol. The number of anilines is 1. The molecule has 110 valence electrons. The topological polar surface area (TPSA) is 38.3 Å². The highest BCUT2D eigenvalue weighted by molar-refractivity contribution is 8.00. The first-order chi connectivity index (χ1) is 10.2. The molecule has 21 heavy (non-hydrogen) atoms. The molecule has 2 aromatic rings. The Balaban J connectivity index is 1.90. The summed E-state index contributed by atoms with van der Waals surface area (Å²) in [6.45, 7) is 2.59. The Morgan fingerprint density at radius 3 is 2.76 bits per heavy atom. The molecule has 0 aliphatic heterocycles. The fourth-order valence-electron chi connectivity index (χ4n) is 1.96. The van der Waals surface area contributed by atoms with Gasteiger partial charge in [0.25, 0.3) is 0 Å². The molecule has 2 aromatic carbocycles. The average Bonchev–Trinajstić information content (AvgIpc) is 2.47. The molecular formula is C17H19NO2S. The number of ether oxygens (including phenoxy) is 1. The summed E-state index contributed by atoms with van der Waals surface area (Å²) >= 11 is 1.55. The van der Waals surface area contributed by atoms with E-state index >= 15 is 0 Å². The molecule has 3 nitrogen and oxygen atoms in total. The van der Waals surface area contributed by atoms with Gasteiger partial charge in [0.05, 0.1) is 12.4 Å². The van der Waals surface area contributed by atoms with Gasteiger partial charge in [-0.3, -0.25) is 4.79 Å². The molecule has 0 bridgehead atoms. The number of nitrogens with one attached hydrogen (secondary N) is 1. The molecule has 0 aromatic heterocycles. The van der Waals surface area contributed by atoms with Gasteiger partial charge in [-0.15, -0.1) is 11.8 Å². The van der Waals surface area contributed by atoms with E-state index in [-0.39, 0.29) is 5.91 Å². The highest BCUT2D eigenvalue weighted by atomic mass is 32.2. The SMILES string of the molecule is COCc1cccc(NC(=O)CSc2ccccc2C)c1. The van der Waals surface area contributed by atoms with E-state index in [1.165, 1.54) is 5.56 Å². The molecule has 0 heterocycles. The van der Waals surface area contributed by atoms with Crippen molar-refractivity contribution in [3.63, 3.8) is 0 Å². The summed E-state index contributed by atoms with van der Waals surface area (Å²) in [5.74, 6) is 0.400. The van der Waals surface area contributed by atoms with Gasteiger partial charge in [0.2, 0.25) is 5.91 Å². The third-order valence-corrected chi connectivity index (χ3v) is 4.15. The van der Waals surface area contributed by atoms with Crippen molar-refractivity contribution in [1.82, 2.24) is 0 Å². The van der Waals surface area contributed by atoms with Gasteiger partial charge < -0.3 is 10.1 Å². The zero-order valence-corrected chi connectivity index (χ0v) is 13.1. The molecule has 2 rings (SSSR count). The van der Waals surface area contributed by atoms with Crippen LogP contribution in [0.2, 0.25) is 0 Å². The van der Waals surface area contributed by atoms with E-state index in [2.05, 4.69) is 18.3 Å². The molecule has 0 saturated heterocycles. The van der Waals surface area contributed by atoms with Crippen LogP contribution in [0, 0.1) is 6.92 Å². The van der Waals surface area contributed by atoms with Crippen molar-refractivity contribution in [2.45, 2.75) is 18.4 Å². The molecule has 0 atom stereocenters. The molecular weight excluding hydrogens is 282 g/mol. The minimum absolute atomic E-state index is 0.00202. The third-order valence-electron chi connectivity index (χ3n) is 2.97. The minimum Gasteiger partial charge on any atom is -0.380 e. The number of hydrogen-bond acceptors (Lipinski definition) is 3. The highest BCUT2D eigenvalue weighted by Gasteiger charge is 2.05. The van der Waals surface area contributed by atoms with E-state index < -0.39 is 0 Å². The van der Waals surface area contributed by atoms with Crippen LogP contribution in [0.5, 0.6) is 0 Å². The zero-order valence-electron chi connectivity index (χ0n) is 12.3. The van der Waals surface area contributed by atoms with Crippen LogP contribution >= 0.6 is 11.8 Å². The summed E-state index contributed by atoms with van der Waals surface area (Å²) < 4.78 is 5.09. The summed E-state index contributed by atoms with van der Waals surface area (Å²) in [6, 6.07) is 15.8. The van der Waals surface area contributed by atoms with Crippen LogP contribution in [-0.4, -0.2) is 18.8 Å². The molecule has 0 spiro atoms. The van der Waals surface area contributed by atoms with Gasteiger partial charge in [0, 0.05) is 17.7 Å². The van der Waals surface area contributed by atoms with Crippen LogP contribution in [0.4, 0.5) is 5.69 Å². The van der Waals surface area contributed by atoms with Crippen LogP contribution in [0.15, 0.2) is 53.4 Å². The third kappa shape index (κ3) is 4.92. The van der Waals surface area contributed by atoms with Crippen molar-refractivity contribution < 1.29 is 9.53 Å². The Kier molecular flexibility index (Phi) is 5.84. The van der Waals surface area contributed by atoms with E-state index in [4.69, 9.17) is 4.74 Å². The number of aryl methyl sites for hydroxylation is 1. The van der Waals surface area contributed by atoms with E-state index in [0.717, 1.165) is 16.1 Å². The molecule has 1 N–H and O–H groups in total. The maximum atomic E-state index is 12.0. The normalized spacial score (nSPS) is 10.4. The fourth-order valence-corrected chi connectivity index (χ4v) is 2.79. The number of carbonyl (C=O) groups is 1. The molecule has 0 fully saturated rings. The summed E-state index contributed by atoms with van der Waals surface area (Å²) in [5, 5.41) is 2.92. The highest BCUT2D eigenvalue weighted by Crippen LogP contribution is 2.22. The van der Waals surface area contributed by atoms with Crippen molar-refractivity contribution in [1.29, 1.82) is 0 Å². The summed E-state index contributed by atoms with van der Waals surface area (Å²) in [5.41, 5.74) is 3.04. The first-order valence-corrected chi connectivity index (χ1v) is 7.74. The maximum Gasteiger partial charge on any atom is 0.234 e. The van der Waals surface area contributed by atoms with Gasteiger partial charge >= 0.3 is 0 Å². The average molecular weight is 301 g/mol. The van der Waals surface area contributed by atoms with E-state index in [0.29, 0.717) is 12.4 Å². The number of thioether (sulfide) groups is 1. The quantitative estimate of drug-likeness (QED) is 0.823. The van der Waals surface area contributed by atoms with Gasteiger partial charge in [-0.2, -0.15) is 0 Å². The van der Waals surface area contributed by atoms with Crippen molar-refractivity contribution in [2.24, 2.45) is 0 Å². The van der Waals surface area contributed by atoms with Crippen molar-refractivity contribution in [3.8, 4) is 0 Å². The Hall–Kier alpha value is -1.78. The van der Waals surface area contributed by atoms with E-state index in [1.54, 1.807) is 18.9 Å². The lowest BCUT2D eigenvalue weighted by atomic mass is 10.2. The first-order valence-electron chi connectivity index (χ1n) is 6.75. The zero-order chi connectivity index (χ0) is 15.1. The second-order valence-corrected chi connectivity index (χ2v) is 5.75. The van der Waals surface area contributed by atoms with Gasteiger partial charge in [0.1, 0.15) is 0 Å². The molecule has 0 saturated carbocycles. The van der Waals surface area contributed by atoms with Crippen LogP contribution in [-0.2, 0) is 16.1 Å². The smallest absolute Gasteiger partial charge is 0.234 e. The van der Waals surface area contributed by atoms with Gasteiger partial charge in [-0.25, -0.2) is 0 Å². The number of amides is 1. The lowest BCUT2D eigenvalue weighted by Gasteiger charge is -2.08. The molecule has 0 unspecified atom stereocenters. The second-order valence-electron chi connectivity index (χ2n) is 4.74. The van der Waals surface area contributed by atoms with Crippen LogP contribution < -0.4 is 5.32 Å². The van der Waals surface area contributed by atoms with Crippen LogP contribution in [0.25, 0.3) is 0 Å². The van der Waals surface area contributed by atoms with Gasteiger partial charge in [-0.1, -0.05) is 30.3 Å². The molecule has 4 heteroatoms. The van der Waals surface area contributed by atoms with Crippen molar-refractivity contribution in [2.75, 3.05) is 18.2 Å². The lowest BCUT2D eigenvalue weighted by molar-refractivity contribution is -0.113. The Bertz CT molecular complexity index is 613.